The van der Waals surface area contributed by atoms with Crippen molar-refractivity contribution in [2.75, 3.05) is 0 Å². The van der Waals surface area contributed by atoms with Gasteiger partial charge >= 0.3 is 5.97 Å². The number of carbonyl (C=O) groups is 1. The van der Waals surface area contributed by atoms with Gasteiger partial charge in [-0.25, -0.2) is 4.79 Å². The Morgan fingerprint density at radius 3 is 2.67 bits per heavy atom. The highest BCUT2D eigenvalue weighted by atomic mass is 16.4. The van der Waals surface area contributed by atoms with Gasteiger partial charge in [0.05, 0.1) is 5.69 Å². The van der Waals surface area contributed by atoms with Crippen LogP contribution in [0, 0.1) is 0 Å². The molecule has 0 bridgehead atoms. The zero-order chi connectivity index (χ0) is 13.3. The van der Waals surface area contributed by atoms with Crippen LogP contribution in [0.15, 0.2) is 16.9 Å². The van der Waals surface area contributed by atoms with E-state index in [0.717, 1.165) is 18.2 Å². The summed E-state index contributed by atoms with van der Waals surface area (Å²) in [6, 6.07) is 2.89. The van der Waals surface area contributed by atoms with Crippen molar-refractivity contribution in [3.8, 4) is 0 Å². The number of hydrogen-bond acceptors (Lipinski definition) is 3. The molecular formula is C12H15N3O3. The van der Waals surface area contributed by atoms with E-state index in [1.54, 1.807) is 10.6 Å². The van der Waals surface area contributed by atoms with Gasteiger partial charge in [-0.1, -0.05) is 13.8 Å². The van der Waals surface area contributed by atoms with E-state index in [1.807, 2.05) is 13.8 Å². The number of hydrogen-bond donors (Lipinski definition) is 1. The molecule has 1 N–H and O–H groups in total. The standard InChI is InChI=1S/C12H15N3O3/c1-3-5-14-9(12(17)18)7-11(16)15-10(14)6-8(4-2)13-15/h6-7H,3-5H2,1-2H3,(H,17,18). The normalized spacial score (nSPS) is 11.0. The maximum absolute atomic E-state index is 11.8. The van der Waals surface area contributed by atoms with Gasteiger partial charge in [0.25, 0.3) is 5.56 Å². The number of aromatic carboxylic acids is 1. The molecule has 2 rings (SSSR count). The zero-order valence-electron chi connectivity index (χ0n) is 10.4. The molecule has 0 atom stereocenters. The van der Waals surface area contributed by atoms with E-state index >= 15 is 0 Å². The van der Waals surface area contributed by atoms with E-state index in [2.05, 4.69) is 5.10 Å². The van der Waals surface area contributed by atoms with Crippen LogP contribution in [-0.4, -0.2) is 25.3 Å². The highest BCUT2D eigenvalue weighted by Gasteiger charge is 2.15. The van der Waals surface area contributed by atoms with Gasteiger partial charge in [-0.15, -0.1) is 0 Å². The highest BCUT2D eigenvalue weighted by Crippen LogP contribution is 2.10. The number of carboxylic acid groups (broad SMARTS) is 1. The molecule has 0 saturated heterocycles. The molecular weight excluding hydrogens is 234 g/mol. The van der Waals surface area contributed by atoms with Crippen molar-refractivity contribution in [3.05, 3.63) is 33.9 Å². The van der Waals surface area contributed by atoms with Gasteiger partial charge in [0.2, 0.25) is 0 Å². The van der Waals surface area contributed by atoms with Crippen molar-refractivity contribution in [2.45, 2.75) is 33.2 Å². The number of aryl methyl sites for hydroxylation is 2. The smallest absolute Gasteiger partial charge is 0.352 e. The minimum atomic E-state index is -1.10. The molecule has 0 aliphatic rings. The molecule has 0 fully saturated rings. The number of fused-ring (bicyclic) bond motifs is 1. The third kappa shape index (κ3) is 1.90. The second-order valence-electron chi connectivity index (χ2n) is 4.08. The monoisotopic (exact) mass is 249 g/mol. The fourth-order valence-corrected chi connectivity index (χ4v) is 1.96. The molecule has 0 amide bonds. The molecule has 2 heterocycles. The summed E-state index contributed by atoms with van der Waals surface area (Å²) in [5, 5.41) is 13.3. The average Bonchev–Trinajstić information content (AvgIpc) is 2.77. The van der Waals surface area contributed by atoms with Crippen LogP contribution >= 0.6 is 0 Å². The molecule has 0 aliphatic heterocycles. The minimum absolute atomic E-state index is 0.0110. The predicted octanol–water partition coefficient (Wildman–Crippen LogP) is 1.17. The Morgan fingerprint density at radius 2 is 2.11 bits per heavy atom. The van der Waals surface area contributed by atoms with Gasteiger partial charge in [-0.2, -0.15) is 9.61 Å². The number of rotatable bonds is 4. The first-order chi connectivity index (χ1) is 8.58. The summed E-state index contributed by atoms with van der Waals surface area (Å²) in [4.78, 5) is 23.0. The quantitative estimate of drug-likeness (QED) is 0.882. The topological polar surface area (TPSA) is 76.6 Å². The molecule has 0 spiro atoms. The molecule has 0 radical (unpaired) electrons. The molecule has 6 nitrogen and oxygen atoms in total. The molecule has 0 saturated carbocycles. The summed E-state index contributed by atoms with van der Waals surface area (Å²) in [5.74, 6) is -1.10. The molecule has 0 unspecified atom stereocenters. The van der Waals surface area contributed by atoms with Crippen LogP contribution in [0.5, 0.6) is 0 Å². The molecule has 2 aromatic rings. The fourth-order valence-electron chi connectivity index (χ4n) is 1.96. The Kier molecular flexibility index (Phi) is 3.18. The third-order valence-corrected chi connectivity index (χ3v) is 2.81. The van der Waals surface area contributed by atoms with Crippen LogP contribution in [0.1, 0.15) is 36.5 Å². The lowest BCUT2D eigenvalue weighted by Gasteiger charge is -2.10. The molecule has 96 valence electrons. The van der Waals surface area contributed by atoms with Gasteiger partial charge < -0.3 is 9.67 Å². The van der Waals surface area contributed by atoms with Gasteiger partial charge in [-0.05, 0) is 12.8 Å². The van der Waals surface area contributed by atoms with E-state index in [1.165, 1.54) is 4.52 Å². The molecule has 6 heteroatoms. The molecule has 0 aromatic carbocycles. The second-order valence-corrected chi connectivity index (χ2v) is 4.08. The lowest BCUT2D eigenvalue weighted by atomic mass is 10.3. The van der Waals surface area contributed by atoms with Crippen LogP contribution < -0.4 is 5.56 Å². The van der Waals surface area contributed by atoms with Crippen molar-refractivity contribution in [3.63, 3.8) is 0 Å². The second kappa shape index (κ2) is 4.64. The van der Waals surface area contributed by atoms with Crippen LogP contribution in [0.4, 0.5) is 0 Å². The lowest BCUT2D eigenvalue weighted by Crippen LogP contribution is -2.23. The average molecular weight is 249 g/mol. The van der Waals surface area contributed by atoms with E-state index < -0.39 is 11.5 Å². The van der Waals surface area contributed by atoms with Gasteiger partial charge in [-0.3, -0.25) is 4.79 Å². The Morgan fingerprint density at radius 1 is 1.39 bits per heavy atom. The van der Waals surface area contributed by atoms with Crippen molar-refractivity contribution in [2.24, 2.45) is 0 Å². The van der Waals surface area contributed by atoms with Crippen LogP contribution in [0.3, 0.4) is 0 Å². The fraction of sp³-hybridized carbons (Fsp3) is 0.417. The summed E-state index contributed by atoms with van der Waals surface area (Å²) in [6.45, 7) is 4.44. The maximum Gasteiger partial charge on any atom is 0.352 e. The summed E-state index contributed by atoms with van der Waals surface area (Å²) < 4.78 is 2.89. The zero-order valence-corrected chi connectivity index (χ0v) is 10.4. The molecule has 2 aromatic heterocycles. The summed E-state index contributed by atoms with van der Waals surface area (Å²) in [6.07, 6.45) is 1.49. The van der Waals surface area contributed by atoms with Crippen molar-refractivity contribution in [1.29, 1.82) is 0 Å². The number of nitrogens with zero attached hydrogens (tertiary/aromatic N) is 3. The SMILES string of the molecule is CCCn1c(C(=O)O)cc(=O)n2nc(CC)cc12. The van der Waals surface area contributed by atoms with Crippen molar-refractivity contribution >= 4 is 11.6 Å². The summed E-state index contributed by atoms with van der Waals surface area (Å²) in [7, 11) is 0. The van der Waals surface area contributed by atoms with Crippen molar-refractivity contribution in [1.82, 2.24) is 14.2 Å². The van der Waals surface area contributed by atoms with E-state index in [0.29, 0.717) is 18.6 Å². The number of aromatic nitrogens is 3. The maximum atomic E-state index is 11.8. The summed E-state index contributed by atoms with van der Waals surface area (Å²) in [5.41, 5.74) is 0.921. The van der Waals surface area contributed by atoms with Gasteiger partial charge in [0, 0.05) is 18.7 Å². The Bertz CT molecular complexity index is 654. The van der Waals surface area contributed by atoms with E-state index in [9.17, 15) is 9.59 Å². The van der Waals surface area contributed by atoms with Crippen LogP contribution in [-0.2, 0) is 13.0 Å². The van der Waals surface area contributed by atoms with Gasteiger partial charge in [0.15, 0.2) is 0 Å². The van der Waals surface area contributed by atoms with E-state index in [-0.39, 0.29) is 5.69 Å². The first-order valence-electron chi connectivity index (χ1n) is 5.94. The van der Waals surface area contributed by atoms with Crippen LogP contribution in [0.25, 0.3) is 5.65 Å². The Balaban J connectivity index is 2.83. The number of carboxylic acids is 1. The first kappa shape index (κ1) is 12.3. The molecule has 18 heavy (non-hydrogen) atoms. The lowest BCUT2D eigenvalue weighted by molar-refractivity contribution is 0.0684. The minimum Gasteiger partial charge on any atom is -0.477 e. The van der Waals surface area contributed by atoms with Crippen LogP contribution in [0.2, 0.25) is 0 Å². The van der Waals surface area contributed by atoms with E-state index in [4.69, 9.17) is 5.11 Å². The third-order valence-electron chi connectivity index (χ3n) is 2.81. The largest absolute Gasteiger partial charge is 0.477 e. The Hall–Kier alpha value is -2.11. The first-order valence-corrected chi connectivity index (χ1v) is 5.94. The highest BCUT2D eigenvalue weighted by molar-refractivity contribution is 5.86. The van der Waals surface area contributed by atoms with Gasteiger partial charge in [0.1, 0.15) is 11.3 Å². The Labute approximate surface area is 103 Å². The predicted molar refractivity (Wildman–Crippen MR) is 66.1 cm³/mol. The molecule has 0 aliphatic carbocycles. The summed E-state index contributed by atoms with van der Waals surface area (Å²) >= 11 is 0. The van der Waals surface area contributed by atoms with Crippen molar-refractivity contribution < 1.29 is 9.90 Å².